The van der Waals surface area contributed by atoms with Gasteiger partial charge in [0, 0.05) is 11.6 Å². The Labute approximate surface area is 104 Å². The zero-order chi connectivity index (χ0) is 13.0. The van der Waals surface area contributed by atoms with E-state index in [-0.39, 0.29) is 13.0 Å². The topological polar surface area (TPSA) is 80.1 Å². The van der Waals surface area contributed by atoms with Gasteiger partial charge in [-0.15, -0.1) is 4.68 Å². The Hall–Kier alpha value is -2.43. The smallest absolute Gasteiger partial charge is 0.307 e. The van der Waals surface area contributed by atoms with Gasteiger partial charge in [0.2, 0.25) is 0 Å². The number of aliphatic carboxylic acids is 1. The first-order chi connectivity index (χ1) is 8.66. The molecule has 5 nitrogen and oxygen atoms in total. The van der Waals surface area contributed by atoms with Gasteiger partial charge in [-0.05, 0) is 6.07 Å². The SMILES string of the molecule is Nc1ccc(-c2ccccc2)n[n+]1CCC(=O)O. The van der Waals surface area contributed by atoms with Crippen molar-refractivity contribution in [3.8, 4) is 11.3 Å². The summed E-state index contributed by atoms with van der Waals surface area (Å²) in [5.74, 6) is -0.412. The van der Waals surface area contributed by atoms with Crippen molar-refractivity contribution in [2.75, 3.05) is 5.73 Å². The van der Waals surface area contributed by atoms with E-state index in [1.165, 1.54) is 4.68 Å². The van der Waals surface area contributed by atoms with Crippen molar-refractivity contribution in [2.45, 2.75) is 13.0 Å². The number of aromatic nitrogens is 2. The molecular weight excluding hydrogens is 230 g/mol. The third-order valence-electron chi connectivity index (χ3n) is 2.55. The second kappa shape index (κ2) is 5.27. The fourth-order valence-corrected chi connectivity index (χ4v) is 1.61. The van der Waals surface area contributed by atoms with Gasteiger partial charge in [0.05, 0.1) is 6.42 Å². The molecule has 3 N–H and O–H groups in total. The largest absolute Gasteiger partial charge is 0.481 e. The molecule has 0 saturated carbocycles. The molecular formula is C13H14N3O2+. The van der Waals surface area contributed by atoms with E-state index in [1.54, 1.807) is 6.07 Å². The number of nitrogens with zero attached hydrogens (tertiary/aromatic N) is 2. The highest BCUT2D eigenvalue weighted by atomic mass is 16.4. The molecule has 1 aromatic heterocycles. The van der Waals surface area contributed by atoms with Crippen molar-refractivity contribution >= 4 is 11.8 Å². The summed E-state index contributed by atoms with van der Waals surface area (Å²) in [7, 11) is 0. The summed E-state index contributed by atoms with van der Waals surface area (Å²) in [6, 6.07) is 13.2. The molecule has 0 radical (unpaired) electrons. The molecule has 1 heterocycles. The van der Waals surface area contributed by atoms with E-state index >= 15 is 0 Å². The number of anilines is 1. The number of carboxylic acids is 1. The summed E-state index contributed by atoms with van der Waals surface area (Å²) in [5.41, 5.74) is 7.51. The van der Waals surface area contributed by atoms with Crippen LogP contribution in [0.3, 0.4) is 0 Å². The summed E-state index contributed by atoms with van der Waals surface area (Å²) >= 11 is 0. The highest BCUT2D eigenvalue weighted by molar-refractivity contribution is 5.66. The van der Waals surface area contributed by atoms with Crippen LogP contribution in [0, 0.1) is 0 Å². The number of nitrogen functional groups attached to an aromatic ring is 1. The maximum absolute atomic E-state index is 10.6. The molecule has 0 aliphatic carbocycles. The van der Waals surface area contributed by atoms with Crippen molar-refractivity contribution in [1.82, 2.24) is 5.10 Å². The van der Waals surface area contributed by atoms with E-state index in [2.05, 4.69) is 5.10 Å². The monoisotopic (exact) mass is 244 g/mol. The molecule has 2 aromatic rings. The highest BCUT2D eigenvalue weighted by Gasteiger charge is 2.10. The number of hydrogen-bond donors (Lipinski definition) is 2. The summed E-state index contributed by atoms with van der Waals surface area (Å²) < 4.78 is 1.51. The van der Waals surface area contributed by atoms with Gasteiger partial charge in [-0.1, -0.05) is 35.4 Å². The Balaban J connectivity index is 2.29. The molecule has 0 aliphatic rings. The van der Waals surface area contributed by atoms with Crippen LogP contribution >= 0.6 is 0 Å². The lowest BCUT2D eigenvalue weighted by molar-refractivity contribution is -0.738. The second-order valence-corrected chi connectivity index (χ2v) is 3.88. The van der Waals surface area contributed by atoms with Crippen LogP contribution < -0.4 is 10.4 Å². The highest BCUT2D eigenvalue weighted by Crippen LogP contribution is 2.14. The van der Waals surface area contributed by atoms with Gasteiger partial charge in [0.15, 0.2) is 0 Å². The van der Waals surface area contributed by atoms with Crippen LogP contribution in [0.15, 0.2) is 42.5 Å². The first-order valence-corrected chi connectivity index (χ1v) is 5.60. The number of nitrogens with two attached hydrogens (primary N) is 1. The first kappa shape index (κ1) is 12.0. The molecule has 0 unspecified atom stereocenters. The normalized spacial score (nSPS) is 10.2. The fraction of sp³-hybridized carbons (Fsp3) is 0.154. The van der Waals surface area contributed by atoms with Crippen molar-refractivity contribution in [3.63, 3.8) is 0 Å². The van der Waals surface area contributed by atoms with Gasteiger partial charge in [0.25, 0.3) is 5.82 Å². The lowest BCUT2D eigenvalue weighted by Crippen LogP contribution is -2.42. The first-order valence-electron chi connectivity index (χ1n) is 5.60. The maximum atomic E-state index is 10.6. The number of carboxylic acid groups (broad SMARTS) is 1. The van der Waals surface area contributed by atoms with Crippen LogP contribution in [0.25, 0.3) is 11.3 Å². The standard InChI is InChI=1S/C13H13N3O2/c14-12-7-6-11(10-4-2-1-3-5-10)15-16(12)9-8-13(17)18/h1-7,14H,8-9H2,(H,17,18)/p+1. The molecule has 18 heavy (non-hydrogen) atoms. The Morgan fingerprint density at radius 3 is 2.61 bits per heavy atom. The van der Waals surface area contributed by atoms with Gasteiger partial charge in [-0.25, -0.2) is 0 Å². The molecule has 0 atom stereocenters. The van der Waals surface area contributed by atoms with Gasteiger partial charge < -0.3 is 5.11 Å². The molecule has 0 fully saturated rings. The van der Waals surface area contributed by atoms with Crippen LogP contribution in [0.4, 0.5) is 5.82 Å². The van der Waals surface area contributed by atoms with Crippen LogP contribution in [-0.4, -0.2) is 16.2 Å². The molecule has 5 heteroatoms. The van der Waals surface area contributed by atoms with Crippen molar-refractivity contribution in [1.29, 1.82) is 0 Å². The third-order valence-corrected chi connectivity index (χ3v) is 2.55. The number of aryl methyl sites for hydroxylation is 1. The number of benzene rings is 1. The van der Waals surface area contributed by atoms with Crippen LogP contribution in [0.5, 0.6) is 0 Å². The van der Waals surface area contributed by atoms with E-state index in [0.29, 0.717) is 5.82 Å². The quantitative estimate of drug-likeness (QED) is 0.789. The summed E-state index contributed by atoms with van der Waals surface area (Å²) in [6.07, 6.45) is 0.000109. The summed E-state index contributed by atoms with van der Waals surface area (Å²) in [5, 5.41) is 13.0. The van der Waals surface area contributed by atoms with E-state index in [1.807, 2.05) is 36.4 Å². The van der Waals surface area contributed by atoms with Crippen LogP contribution in [-0.2, 0) is 11.3 Å². The fourth-order valence-electron chi connectivity index (χ4n) is 1.61. The zero-order valence-electron chi connectivity index (χ0n) is 9.78. The van der Waals surface area contributed by atoms with Crippen LogP contribution in [0.2, 0.25) is 0 Å². The number of hydrogen-bond acceptors (Lipinski definition) is 3. The van der Waals surface area contributed by atoms with E-state index < -0.39 is 5.97 Å². The zero-order valence-corrected chi connectivity index (χ0v) is 9.78. The van der Waals surface area contributed by atoms with Crippen molar-refractivity contribution in [2.24, 2.45) is 0 Å². The number of carbonyl (C=O) groups is 1. The predicted molar refractivity (Wildman–Crippen MR) is 66.5 cm³/mol. The average Bonchev–Trinajstić information content (AvgIpc) is 2.38. The minimum atomic E-state index is -0.867. The molecule has 0 saturated heterocycles. The predicted octanol–water partition coefficient (Wildman–Crippen LogP) is 1.09. The Morgan fingerprint density at radius 1 is 1.22 bits per heavy atom. The van der Waals surface area contributed by atoms with Crippen LogP contribution in [0.1, 0.15) is 6.42 Å². The van der Waals surface area contributed by atoms with Crippen molar-refractivity contribution < 1.29 is 14.6 Å². The van der Waals surface area contributed by atoms with Crippen molar-refractivity contribution in [3.05, 3.63) is 42.5 Å². The molecule has 2 rings (SSSR count). The lowest BCUT2D eigenvalue weighted by Gasteiger charge is -2.03. The molecule has 0 bridgehead atoms. The van der Waals surface area contributed by atoms with E-state index in [4.69, 9.17) is 10.8 Å². The average molecular weight is 244 g/mol. The minimum Gasteiger partial charge on any atom is -0.481 e. The third kappa shape index (κ3) is 2.82. The molecule has 1 aromatic carbocycles. The van der Waals surface area contributed by atoms with Gasteiger partial charge >= 0.3 is 5.97 Å². The second-order valence-electron chi connectivity index (χ2n) is 3.88. The minimum absolute atomic E-state index is 0.000109. The Morgan fingerprint density at radius 2 is 1.94 bits per heavy atom. The maximum Gasteiger partial charge on any atom is 0.307 e. The Bertz CT molecular complexity index is 555. The Kier molecular flexibility index (Phi) is 3.52. The van der Waals surface area contributed by atoms with E-state index in [0.717, 1.165) is 11.3 Å². The lowest BCUT2D eigenvalue weighted by atomic mass is 10.1. The summed E-state index contributed by atoms with van der Waals surface area (Å²) in [4.78, 5) is 10.6. The molecule has 0 amide bonds. The molecule has 0 aliphatic heterocycles. The van der Waals surface area contributed by atoms with E-state index in [9.17, 15) is 4.79 Å². The van der Waals surface area contributed by atoms with Gasteiger partial charge in [0.1, 0.15) is 12.2 Å². The molecule has 0 spiro atoms. The number of rotatable bonds is 4. The van der Waals surface area contributed by atoms with Gasteiger partial charge in [-0.2, -0.15) is 0 Å². The summed E-state index contributed by atoms with van der Waals surface area (Å²) in [6.45, 7) is 0.266. The van der Waals surface area contributed by atoms with Gasteiger partial charge in [-0.3, -0.25) is 10.5 Å². The molecule has 92 valence electrons.